The highest BCUT2D eigenvalue weighted by Crippen LogP contribution is 2.33. The van der Waals surface area contributed by atoms with Gasteiger partial charge in [-0.2, -0.15) is 0 Å². The molecule has 0 bridgehead atoms. The molecule has 0 aliphatic carbocycles. The Bertz CT molecular complexity index is 1650. The van der Waals surface area contributed by atoms with Crippen molar-refractivity contribution in [1.29, 1.82) is 0 Å². The highest BCUT2D eigenvalue weighted by Gasteiger charge is 2.18. The third-order valence-corrected chi connectivity index (χ3v) is 6.54. The van der Waals surface area contributed by atoms with Gasteiger partial charge in [-0.3, -0.25) is 23.9 Å². The van der Waals surface area contributed by atoms with Crippen LogP contribution >= 0.6 is 0 Å². The van der Waals surface area contributed by atoms with Crippen molar-refractivity contribution in [3.05, 3.63) is 78.8 Å². The van der Waals surface area contributed by atoms with E-state index in [1.165, 1.54) is 10.8 Å². The zero-order valence-corrected chi connectivity index (χ0v) is 21.1. The average Bonchev–Trinajstić information content (AvgIpc) is 3.08. The number of hydrogen-bond acceptors (Lipinski definition) is 6. The van der Waals surface area contributed by atoms with Crippen molar-refractivity contribution in [2.45, 2.75) is 27.2 Å². The maximum absolute atomic E-state index is 12.7. The normalized spacial score (nSPS) is 11.6. The fraction of sp³-hybridized carbons (Fsp3) is 0.308. The molecule has 10 heteroatoms. The van der Waals surface area contributed by atoms with E-state index in [9.17, 15) is 19.5 Å². The molecule has 0 spiro atoms. The molecule has 2 aromatic carbocycles. The van der Waals surface area contributed by atoms with E-state index in [4.69, 9.17) is 0 Å². The van der Waals surface area contributed by atoms with E-state index < -0.39 is 17.1 Å². The maximum Gasteiger partial charge on any atom is 0.335 e. The molecule has 188 valence electrons. The summed E-state index contributed by atoms with van der Waals surface area (Å²) < 4.78 is 4.19. The first-order valence-corrected chi connectivity index (χ1v) is 11.9. The summed E-state index contributed by atoms with van der Waals surface area (Å²) in [5.41, 5.74) is 2.29. The van der Waals surface area contributed by atoms with Crippen LogP contribution in [0, 0.1) is 0 Å². The SMILES string of the molecule is CCc1ccccc1-n1c(O)c(C=Nc2cc3c(cc2N(CC)CC)n(C)c(=O)n3C)c(=O)[nH]c1=O. The van der Waals surface area contributed by atoms with E-state index in [2.05, 4.69) is 14.9 Å². The van der Waals surface area contributed by atoms with Crippen LogP contribution in [0.15, 0.2) is 55.8 Å². The van der Waals surface area contributed by atoms with E-state index in [0.29, 0.717) is 36.4 Å². The molecule has 4 rings (SSSR count). The number of benzene rings is 2. The van der Waals surface area contributed by atoms with Gasteiger partial charge in [-0.25, -0.2) is 14.2 Å². The Morgan fingerprint density at radius 3 is 2.28 bits per heavy atom. The number of anilines is 1. The van der Waals surface area contributed by atoms with Gasteiger partial charge in [0.25, 0.3) is 5.56 Å². The monoisotopic (exact) mass is 490 g/mol. The Kier molecular flexibility index (Phi) is 6.69. The molecule has 2 aromatic heterocycles. The fourth-order valence-corrected chi connectivity index (χ4v) is 4.48. The zero-order chi connectivity index (χ0) is 26.1. The molecule has 0 amide bonds. The summed E-state index contributed by atoms with van der Waals surface area (Å²) in [6.07, 6.45) is 1.89. The second-order valence-corrected chi connectivity index (χ2v) is 8.47. The number of aromatic amines is 1. The standard InChI is InChI=1S/C26H30N6O4/c1-6-16-11-9-10-12-19(16)32-24(34)17(23(33)28-25(32)35)15-27-18-13-21-22(30(5)26(36)29(21)4)14-20(18)31(7-2)8-3/h9-15,34H,6-8H2,1-5H3,(H,28,33,35). The van der Waals surface area contributed by atoms with Crippen LogP contribution in [0.5, 0.6) is 5.88 Å². The van der Waals surface area contributed by atoms with Crippen LogP contribution in [0.3, 0.4) is 0 Å². The number of aromatic hydroxyl groups is 1. The number of hydrogen-bond donors (Lipinski definition) is 2. The Morgan fingerprint density at radius 2 is 1.64 bits per heavy atom. The van der Waals surface area contributed by atoms with Crippen molar-refractivity contribution in [1.82, 2.24) is 18.7 Å². The summed E-state index contributed by atoms with van der Waals surface area (Å²) in [6.45, 7) is 7.38. The number of rotatable bonds is 7. The van der Waals surface area contributed by atoms with Gasteiger partial charge in [-0.15, -0.1) is 0 Å². The molecule has 0 saturated carbocycles. The molecule has 0 fully saturated rings. The minimum atomic E-state index is -0.746. The summed E-state index contributed by atoms with van der Waals surface area (Å²) >= 11 is 0. The van der Waals surface area contributed by atoms with Crippen LogP contribution < -0.4 is 21.8 Å². The molecular formula is C26H30N6O4. The molecule has 0 radical (unpaired) electrons. The number of aryl methyl sites for hydroxylation is 3. The van der Waals surface area contributed by atoms with Gasteiger partial charge in [0, 0.05) is 33.4 Å². The third kappa shape index (κ3) is 4.04. The van der Waals surface area contributed by atoms with Crippen LogP contribution in [0.25, 0.3) is 16.7 Å². The summed E-state index contributed by atoms with van der Waals surface area (Å²) in [4.78, 5) is 46.8. The number of nitrogens with zero attached hydrogens (tertiary/aromatic N) is 5. The highest BCUT2D eigenvalue weighted by molar-refractivity contribution is 5.91. The van der Waals surface area contributed by atoms with Crippen LogP contribution in [-0.2, 0) is 20.5 Å². The number of H-pyrrole nitrogens is 1. The molecule has 4 aromatic rings. The van der Waals surface area contributed by atoms with Gasteiger partial charge in [0.1, 0.15) is 5.56 Å². The topological polar surface area (TPSA) is 118 Å². The maximum atomic E-state index is 12.7. The first kappa shape index (κ1) is 24.8. The van der Waals surface area contributed by atoms with Crippen LogP contribution in [0.2, 0.25) is 0 Å². The molecule has 0 aliphatic heterocycles. The van der Waals surface area contributed by atoms with Crippen LogP contribution in [-0.4, -0.2) is 43.1 Å². The van der Waals surface area contributed by atoms with E-state index in [1.54, 1.807) is 36.9 Å². The number of fused-ring (bicyclic) bond motifs is 1. The Hall–Kier alpha value is -4.34. The van der Waals surface area contributed by atoms with Gasteiger partial charge in [0.05, 0.1) is 28.1 Å². The number of aliphatic imine (C=N–C) groups is 1. The van der Waals surface area contributed by atoms with Gasteiger partial charge >= 0.3 is 11.4 Å². The van der Waals surface area contributed by atoms with E-state index in [1.807, 2.05) is 39.0 Å². The molecule has 2 heterocycles. The Labute approximate surface area is 207 Å². The second kappa shape index (κ2) is 9.73. The second-order valence-electron chi connectivity index (χ2n) is 8.47. The summed E-state index contributed by atoms with van der Waals surface area (Å²) in [6, 6.07) is 10.9. The molecule has 0 aliphatic rings. The smallest absolute Gasteiger partial charge is 0.335 e. The summed E-state index contributed by atoms with van der Waals surface area (Å²) in [7, 11) is 3.40. The van der Waals surface area contributed by atoms with Crippen molar-refractivity contribution >= 4 is 28.6 Å². The summed E-state index contributed by atoms with van der Waals surface area (Å²) in [5, 5.41) is 11.0. The summed E-state index contributed by atoms with van der Waals surface area (Å²) in [5.74, 6) is -0.494. The van der Waals surface area contributed by atoms with Crippen molar-refractivity contribution in [3.63, 3.8) is 0 Å². The molecule has 2 N–H and O–H groups in total. The van der Waals surface area contributed by atoms with Gasteiger partial charge in [-0.1, -0.05) is 25.1 Å². The highest BCUT2D eigenvalue weighted by atomic mass is 16.3. The van der Waals surface area contributed by atoms with Crippen LogP contribution in [0.1, 0.15) is 31.9 Å². The predicted octanol–water partition coefficient (Wildman–Crippen LogP) is 2.58. The lowest BCUT2D eigenvalue weighted by Gasteiger charge is -2.23. The van der Waals surface area contributed by atoms with Crippen molar-refractivity contribution in [3.8, 4) is 11.6 Å². The van der Waals surface area contributed by atoms with Crippen molar-refractivity contribution < 1.29 is 5.11 Å². The number of nitrogens with one attached hydrogen (secondary N) is 1. The number of aromatic nitrogens is 4. The largest absolute Gasteiger partial charge is 0.493 e. The molecule has 0 unspecified atom stereocenters. The van der Waals surface area contributed by atoms with Gasteiger partial charge in [0.15, 0.2) is 0 Å². The Morgan fingerprint density at radius 1 is 1.00 bits per heavy atom. The average molecular weight is 491 g/mol. The molecule has 0 saturated heterocycles. The first-order chi connectivity index (χ1) is 17.2. The van der Waals surface area contributed by atoms with Gasteiger partial charge < -0.3 is 10.0 Å². The van der Waals surface area contributed by atoms with Crippen molar-refractivity contribution in [2.24, 2.45) is 19.1 Å². The predicted molar refractivity (Wildman–Crippen MR) is 143 cm³/mol. The third-order valence-electron chi connectivity index (χ3n) is 6.54. The molecular weight excluding hydrogens is 460 g/mol. The number of imidazole rings is 1. The molecule has 0 atom stereocenters. The van der Waals surface area contributed by atoms with Gasteiger partial charge in [-0.05, 0) is 44.0 Å². The van der Waals surface area contributed by atoms with Crippen molar-refractivity contribution in [2.75, 3.05) is 18.0 Å². The quantitative estimate of drug-likeness (QED) is 0.386. The lowest BCUT2D eigenvalue weighted by molar-refractivity contribution is 0.429. The first-order valence-electron chi connectivity index (χ1n) is 11.9. The lowest BCUT2D eigenvalue weighted by atomic mass is 10.1. The molecule has 36 heavy (non-hydrogen) atoms. The zero-order valence-electron chi connectivity index (χ0n) is 21.1. The lowest BCUT2D eigenvalue weighted by Crippen LogP contribution is -2.31. The van der Waals surface area contributed by atoms with E-state index in [-0.39, 0.29) is 11.3 Å². The number of para-hydroxylation sites is 1. The van der Waals surface area contributed by atoms with E-state index in [0.717, 1.165) is 21.3 Å². The molecule has 10 nitrogen and oxygen atoms in total. The Balaban J connectivity index is 1.94. The van der Waals surface area contributed by atoms with E-state index >= 15 is 0 Å². The van der Waals surface area contributed by atoms with Gasteiger partial charge in [0.2, 0.25) is 5.88 Å². The minimum absolute atomic E-state index is 0.145. The fourth-order valence-electron chi connectivity index (χ4n) is 4.48. The van der Waals surface area contributed by atoms with Crippen LogP contribution in [0.4, 0.5) is 11.4 Å². The minimum Gasteiger partial charge on any atom is -0.493 e.